The van der Waals surface area contributed by atoms with Gasteiger partial charge in [0, 0.05) is 0 Å². The number of aliphatic hydroxyl groups excluding tert-OH is 1. The van der Waals surface area contributed by atoms with E-state index in [-0.39, 0.29) is 5.76 Å². The second kappa shape index (κ2) is 3.33. The van der Waals surface area contributed by atoms with Crippen LogP contribution in [0.15, 0.2) is 17.0 Å². The molecule has 1 aromatic rings. The van der Waals surface area contributed by atoms with Crippen LogP contribution in [0.1, 0.15) is 11.9 Å². The largest absolute Gasteiger partial charge is 0.480 e. The van der Waals surface area contributed by atoms with Gasteiger partial charge in [-0.25, -0.2) is 4.98 Å². The molecule has 4 N–H and O–H groups in total. The van der Waals surface area contributed by atoms with Crippen LogP contribution in [0.5, 0.6) is 0 Å². The molecule has 0 bridgehead atoms. The first kappa shape index (κ1) is 8.69. The van der Waals surface area contributed by atoms with Crippen LogP contribution in [0.4, 0.5) is 0 Å². The van der Waals surface area contributed by atoms with Crippen LogP contribution in [0.2, 0.25) is 0 Å². The molecule has 0 saturated carbocycles. The molecule has 66 valence electrons. The van der Waals surface area contributed by atoms with E-state index >= 15 is 0 Å². The average molecular weight is 172 g/mol. The van der Waals surface area contributed by atoms with E-state index in [0.717, 1.165) is 6.39 Å². The van der Waals surface area contributed by atoms with Crippen LogP contribution in [0.25, 0.3) is 0 Å². The van der Waals surface area contributed by atoms with Crippen molar-refractivity contribution >= 4 is 5.97 Å². The van der Waals surface area contributed by atoms with Crippen molar-refractivity contribution in [1.29, 1.82) is 0 Å². The van der Waals surface area contributed by atoms with Crippen LogP contribution in [-0.4, -0.2) is 27.2 Å². The first-order valence-corrected chi connectivity index (χ1v) is 3.17. The zero-order valence-electron chi connectivity index (χ0n) is 6.04. The highest BCUT2D eigenvalue weighted by Crippen LogP contribution is 2.14. The number of aliphatic hydroxyl groups is 1. The van der Waals surface area contributed by atoms with Gasteiger partial charge in [0.15, 0.2) is 12.2 Å². The number of aliphatic carboxylic acids is 1. The Bertz CT molecular complexity index is 259. The van der Waals surface area contributed by atoms with Crippen molar-refractivity contribution in [3.05, 3.63) is 18.4 Å². The Morgan fingerprint density at radius 3 is 2.83 bits per heavy atom. The van der Waals surface area contributed by atoms with E-state index in [4.69, 9.17) is 10.8 Å². The van der Waals surface area contributed by atoms with Crippen molar-refractivity contribution in [3.8, 4) is 0 Å². The lowest BCUT2D eigenvalue weighted by Gasteiger charge is -2.10. The number of carboxylic acids is 1. The number of oxazole rings is 1. The topological polar surface area (TPSA) is 110 Å². The molecular weight excluding hydrogens is 164 g/mol. The second-order valence-corrected chi connectivity index (χ2v) is 2.21. The highest BCUT2D eigenvalue weighted by Gasteiger charge is 2.25. The summed E-state index contributed by atoms with van der Waals surface area (Å²) >= 11 is 0. The number of aromatic nitrogens is 1. The number of carbonyl (C=O) groups is 1. The Labute approximate surface area is 67.6 Å². The third-order valence-corrected chi connectivity index (χ3v) is 1.37. The standard InChI is InChI=1S/C6H8N2O4/c7-4(6(10)11)5(9)3-1-8-2-12-3/h1-2,4-5,9H,7H2,(H,10,11). The van der Waals surface area contributed by atoms with E-state index in [9.17, 15) is 9.90 Å². The summed E-state index contributed by atoms with van der Waals surface area (Å²) < 4.78 is 4.66. The number of rotatable bonds is 3. The van der Waals surface area contributed by atoms with Crippen LogP contribution in [-0.2, 0) is 4.79 Å². The Morgan fingerprint density at radius 2 is 2.42 bits per heavy atom. The van der Waals surface area contributed by atoms with Gasteiger partial charge in [0.05, 0.1) is 6.20 Å². The van der Waals surface area contributed by atoms with Crippen LogP contribution >= 0.6 is 0 Å². The van der Waals surface area contributed by atoms with E-state index in [1.165, 1.54) is 6.20 Å². The normalized spacial score (nSPS) is 15.5. The molecule has 0 aliphatic heterocycles. The van der Waals surface area contributed by atoms with Crippen molar-refractivity contribution in [2.45, 2.75) is 12.1 Å². The van der Waals surface area contributed by atoms with Gasteiger partial charge in [-0.3, -0.25) is 4.79 Å². The van der Waals surface area contributed by atoms with Gasteiger partial charge in [-0.15, -0.1) is 0 Å². The summed E-state index contributed by atoms with van der Waals surface area (Å²) in [6.07, 6.45) is 0.950. The lowest BCUT2D eigenvalue weighted by Crippen LogP contribution is -2.36. The Balaban J connectivity index is 2.71. The van der Waals surface area contributed by atoms with Crippen molar-refractivity contribution in [2.24, 2.45) is 5.73 Å². The summed E-state index contributed by atoms with van der Waals surface area (Å²) in [5.74, 6) is -1.25. The lowest BCUT2D eigenvalue weighted by atomic mass is 10.1. The molecule has 0 fully saturated rings. The average Bonchev–Trinajstić information content (AvgIpc) is 2.53. The predicted molar refractivity (Wildman–Crippen MR) is 37.1 cm³/mol. The molecule has 1 aromatic heterocycles. The number of hydrogen-bond acceptors (Lipinski definition) is 5. The number of nitrogens with zero attached hydrogens (tertiary/aromatic N) is 1. The van der Waals surface area contributed by atoms with Crippen LogP contribution < -0.4 is 5.73 Å². The molecule has 0 aromatic carbocycles. The predicted octanol–water partition coefficient (Wildman–Crippen LogP) is -0.880. The highest BCUT2D eigenvalue weighted by atomic mass is 16.4. The zero-order valence-corrected chi connectivity index (χ0v) is 6.04. The molecule has 1 rings (SSSR count). The summed E-state index contributed by atoms with van der Waals surface area (Å²) in [6, 6.07) is -1.39. The van der Waals surface area contributed by atoms with Gasteiger partial charge in [0.2, 0.25) is 0 Å². The van der Waals surface area contributed by atoms with Gasteiger partial charge in [0.1, 0.15) is 12.1 Å². The monoisotopic (exact) mass is 172 g/mol. The summed E-state index contributed by atoms with van der Waals surface area (Å²) in [4.78, 5) is 13.8. The molecule has 2 atom stereocenters. The Kier molecular flexibility index (Phi) is 2.41. The summed E-state index contributed by atoms with van der Waals surface area (Å²) in [6.45, 7) is 0. The van der Waals surface area contributed by atoms with E-state index in [1.54, 1.807) is 0 Å². The minimum Gasteiger partial charge on any atom is -0.480 e. The number of carboxylic acid groups (broad SMARTS) is 1. The smallest absolute Gasteiger partial charge is 0.323 e. The van der Waals surface area contributed by atoms with Crippen LogP contribution in [0.3, 0.4) is 0 Å². The second-order valence-electron chi connectivity index (χ2n) is 2.21. The van der Waals surface area contributed by atoms with E-state index in [2.05, 4.69) is 9.40 Å². The Morgan fingerprint density at radius 1 is 1.75 bits per heavy atom. The fourth-order valence-electron chi connectivity index (χ4n) is 0.684. The van der Waals surface area contributed by atoms with Crippen LogP contribution in [0, 0.1) is 0 Å². The van der Waals surface area contributed by atoms with Crippen molar-refractivity contribution in [1.82, 2.24) is 4.98 Å². The molecule has 0 amide bonds. The van der Waals surface area contributed by atoms with E-state index < -0.39 is 18.1 Å². The number of nitrogens with two attached hydrogens (primary N) is 1. The van der Waals surface area contributed by atoms with E-state index in [0.29, 0.717) is 0 Å². The molecular formula is C6H8N2O4. The van der Waals surface area contributed by atoms with Gasteiger partial charge in [0.25, 0.3) is 0 Å². The molecule has 0 aliphatic rings. The molecule has 2 unspecified atom stereocenters. The third kappa shape index (κ3) is 1.60. The summed E-state index contributed by atoms with van der Waals surface area (Å²) in [7, 11) is 0. The van der Waals surface area contributed by atoms with Gasteiger partial charge in [-0.2, -0.15) is 0 Å². The quantitative estimate of drug-likeness (QED) is 0.546. The third-order valence-electron chi connectivity index (χ3n) is 1.37. The van der Waals surface area contributed by atoms with Crippen molar-refractivity contribution < 1.29 is 19.4 Å². The Hall–Kier alpha value is -1.40. The number of hydrogen-bond donors (Lipinski definition) is 3. The van der Waals surface area contributed by atoms with Gasteiger partial charge in [-0.1, -0.05) is 0 Å². The van der Waals surface area contributed by atoms with Crippen molar-refractivity contribution in [3.63, 3.8) is 0 Å². The maximum atomic E-state index is 10.3. The SMILES string of the molecule is NC(C(=O)O)C(O)c1cnco1. The molecule has 0 aliphatic carbocycles. The molecule has 12 heavy (non-hydrogen) atoms. The van der Waals surface area contributed by atoms with Gasteiger partial charge < -0.3 is 20.4 Å². The first-order chi connectivity index (χ1) is 5.63. The molecule has 6 nitrogen and oxygen atoms in total. The molecule has 6 heteroatoms. The molecule has 0 spiro atoms. The molecule has 1 heterocycles. The molecule has 0 saturated heterocycles. The zero-order chi connectivity index (χ0) is 9.14. The fraction of sp³-hybridized carbons (Fsp3) is 0.333. The van der Waals surface area contributed by atoms with Crippen molar-refractivity contribution in [2.75, 3.05) is 0 Å². The maximum absolute atomic E-state index is 10.3. The van der Waals surface area contributed by atoms with Gasteiger partial charge >= 0.3 is 5.97 Å². The first-order valence-electron chi connectivity index (χ1n) is 3.17. The van der Waals surface area contributed by atoms with E-state index in [1.807, 2.05) is 0 Å². The maximum Gasteiger partial charge on any atom is 0.323 e. The lowest BCUT2D eigenvalue weighted by molar-refractivity contribution is -0.141. The fourth-order valence-corrected chi connectivity index (χ4v) is 0.684. The minimum atomic E-state index is -1.39. The highest BCUT2D eigenvalue weighted by molar-refractivity contribution is 5.74. The van der Waals surface area contributed by atoms with Gasteiger partial charge in [-0.05, 0) is 0 Å². The summed E-state index contributed by atoms with van der Waals surface area (Å²) in [5.41, 5.74) is 5.11. The molecule has 0 radical (unpaired) electrons. The minimum absolute atomic E-state index is 0.0462. The summed E-state index contributed by atoms with van der Waals surface area (Å²) in [5, 5.41) is 17.6.